The van der Waals surface area contributed by atoms with Crippen molar-refractivity contribution in [3.8, 4) is 0 Å². The highest BCUT2D eigenvalue weighted by Crippen LogP contribution is 2.34. The number of hydrogen-bond donors (Lipinski definition) is 0. The van der Waals surface area contributed by atoms with Crippen LogP contribution in [0.2, 0.25) is 0 Å². The Kier molecular flexibility index (Phi) is 3.28. The van der Waals surface area contributed by atoms with Crippen molar-refractivity contribution in [1.29, 1.82) is 0 Å². The predicted octanol–water partition coefficient (Wildman–Crippen LogP) is 2.86. The molecule has 0 saturated carbocycles. The van der Waals surface area contributed by atoms with Crippen molar-refractivity contribution in [2.24, 2.45) is 0 Å². The molecule has 1 aromatic rings. The Bertz CT molecular complexity index is 334. The van der Waals surface area contributed by atoms with Crippen LogP contribution in [0.3, 0.4) is 0 Å². The molecule has 0 atom stereocenters. The minimum atomic E-state index is 0.371. The fourth-order valence-electron chi connectivity index (χ4n) is 1.65. The molecule has 14 heavy (non-hydrogen) atoms. The zero-order valence-corrected chi connectivity index (χ0v) is 9.94. The van der Waals surface area contributed by atoms with Crippen molar-refractivity contribution in [3.63, 3.8) is 0 Å². The van der Waals surface area contributed by atoms with Gasteiger partial charge in [-0.15, -0.1) is 0 Å². The van der Waals surface area contributed by atoms with Gasteiger partial charge in [-0.25, -0.2) is 0 Å². The Morgan fingerprint density at radius 2 is 2.21 bits per heavy atom. The van der Waals surface area contributed by atoms with Crippen LogP contribution in [0.5, 0.6) is 0 Å². The third kappa shape index (κ3) is 1.88. The minimum Gasteiger partial charge on any atom is -0.359 e. The first kappa shape index (κ1) is 10.2. The highest BCUT2D eigenvalue weighted by molar-refractivity contribution is 9.10. The zero-order valence-electron chi connectivity index (χ0n) is 7.53. The summed E-state index contributed by atoms with van der Waals surface area (Å²) in [7, 11) is 0. The van der Waals surface area contributed by atoms with E-state index >= 15 is 0 Å². The van der Waals surface area contributed by atoms with Crippen LogP contribution in [-0.4, -0.2) is 22.9 Å². The number of aldehydes is 1. The molecule has 0 amide bonds. The lowest BCUT2D eigenvalue weighted by Gasteiger charge is -2.18. The van der Waals surface area contributed by atoms with Gasteiger partial charge in [0.1, 0.15) is 0 Å². The van der Waals surface area contributed by atoms with E-state index in [1.165, 1.54) is 0 Å². The van der Waals surface area contributed by atoms with Crippen LogP contribution in [0.25, 0.3) is 0 Å². The summed E-state index contributed by atoms with van der Waals surface area (Å²) in [6.45, 7) is 0. The van der Waals surface area contributed by atoms with Gasteiger partial charge >= 0.3 is 0 Å². The fourth-order valence-corrected chi connectivity index (χ4v) is 3.12. The monoisotopic (exact) mass is 275 g/mol. The van der Waals surface area contributed by atoms with Crippen molar-refractivity contribution < 1.29 is 9.32 Å². The smallest absolute Gasteiger partial charge is 0.160 e. The summed E-state index contributed by atoms with van der Waals surface area (Å²) in [6.07, 6.45) is 2.97. The van der Waals surface area contributed by atoms with Crippen LogP contribution in [0.15, 0.2) is 9.13 Å². The molecule has 1 saturated heterocycles. The van der Waals surface area contributed by atoms with Crippen LogP contribution in [0.4, 0.5) is 0 Å². The number of halogens is 1. The van der Waals surface area contributed by atoms with E-state index in [2.05, 4.69) is 21.1 Å². The average molecular weight is 276 g/mol. The molecule has 0 bridgehead atoms. The number of hydrogen-bond acceptors (Lipinski definition) is 4. The van der Waals surface area contributed by atoms with Crippen LogP contribution in [-0.2, 0) is 0 Å². The Morgan fingerprint density at radius 1 is 1.50 bits per heavy atom. The van der Waals surface area contributed by atoms with Crippen LogP contribution in [0, 0.1) is 0 Å². The molecule has 0 spiro atoms. The molecule has 0 radical (unpaired) electrons. The third-order valence-electron chi connectivity index (χ3n) is 2.42. The molecular weight excluding hydrogens is 266 g/mol. The number of nitrogens with zero attached hydrogens (tertiary/aromatic N) is 1. The molecule has 1 fully saturated rings. The summed E-state index contributed by atoms with van der Waals surface area (Å²) in [5.41, 5.74) is 0.585. The molecule has 2 heterocycles. The molecule has 0 unspecified atom stereocenters. The third-order valence-corrected chi connectivity index (χ3v) is 4.04. The summed E-state index contributed by atoms with van der Waals surface area (Å²) >= 11 is 5.15. The Labute approximate surface area is 94.7 Å². The van der Waals surface area contributed by atoms with E-state index in [1.807, 2.05) is 11.8 Å². The first-order valence-electron chi connectivity index (χ1n) is 4.51. The van der Waals surface area contributed by atoms with E-state index in [-0.39, 0.29) is 0 Å². The number of thioether (sulfide) groups is 1. The predicted molar refractivity (Wildman–Crippen MR) is 58.9 cm³/mol. The second kappa shape index (κ2) is 4.49. The van der Waals surface area contributed by atoms with Crippen LogP contribution < -0.4 is 0 Å². The summed E-state index contributed by atoms with van der Waals surface area (Å²) < 4.78 is 5.72. The number of rotatable bonds is 2. The summed E-state index contributed by atoms with van der Waals surface area (Å²) in [4.78, 5) is 10.8. The lowest BCUT2D eigenvalue weighted by Crippen LogP contribution is -2.08. The van der Waals surface area contributed by atoms with Gasteiger partial charge in [-0.05, 0) is 40.3 Å². The molecular formula is C9H10BrNO2S. The topological polar surface area (TPSA) is 43.1 Å². The lowest BCUT2D eigenvalue weighted by atomic mass is 9.97. The maximum absolute atomic E-state index is 10.8. The van der Waals surface area contributed by atoms with Gasteiger partial charge in [0.2, 0.25) is 0 Å². The van der Waals surface area contributed by atoms with Gasteiger partial charge in [-0.1, -0.05) is 5.16 Å². The summed E-state index contributed by atoms with van der Waals surface area (Å²) in [6, 6.07) is 0. The van der Waals surface area contributed by atoms with Gasteiger partial charge in [-0.2, -0.15) is 11.8 Å². The van der Waals surface area contributed by atoms with E-state index in [4.69, 9.17) is 4.52 Å². The lowest BCUT2D eigenvalue weighted by molar-refractivity contribution is 0.112. The molecule has 1 aromatic heterocycles. The van der Waals surface area contributed by atoms with E-state index in [0.29, 0.717) is 16.1 Å². The molecule has 76 valence electrons. The number of aromatic nitrogens is 1. The first-order valence-corrected chi connectivity index (χ1v) is 6.45. The average Bonchev–Trinajstić information content (AvgIpc) is 2.61. The molecule has 1 aliphatic rings. The van der Waals surface area contributed by atoms with Gasteiger partial charge in [0.15, 0.2) is 16.6 Å². The molecule has 0 aliphatic carbocycles. The van der Waals surface area contributed by atoms with E-state index in [9.17, 15) is 4.79 Å². The van der Waals surface area contributed by atoms with Gasteiger partial charge in [0.25, 0.3) is 0 Å². The Hall–Kier alpha value is -0.290. The zero-order chi connectivity index (χ0) is 9.97. The van der Waals surface area contributed by atoms with E-state index < -0.39 is 0 Å². The quantitative estimate of drug-likeness (QED) is 0.779. The summed E-state index contributed by atoms with van der Waals surface area (Å²) in [5.74, 6) is 3.41. The second-order valence-corrected chi connectivity index (χ2v) is 5.23. The SMILES string of the molecule is O=Cc1c(Br)noc1C1CCSCC1. The molecule has 5 heteroatoms. The summed E-state index contributed by atoms with van der Waals surface area (Å²) in [5, 5.41) is 3.77. The van der Waals surface area contributed by atoms with Crippen molar-refractivity contribution in [2.75, 3.05) is 11.5 Å². The van der Waals surface area contributed by atoms with Gasteiger partial charge in [0.05, 0.1) is 5.56 Å². The van der Waals surface area contributed by atoms with E-state index in [0.717, 1.165) is 36.4 Å². The molecule has 0 aromatic carbocycles. The normalized spacial score (nSPS) is 18.4. The van der Waals surface area contributed by atoms with Crippen molar-refractivity contribution in [1.82, 2.24) is 5.16 Å². The Balaban J connectivity index is 2.25. The molecule has 0 N–H and O–H groups in total. The fraction of sp³-hybridized carbons (Fsp3) is 0.556. The number of carbonyl (C=O) groups excluding carboxylic acids is 1. The van der Waals surface area contributed by atoms with Gasteiger partial charge in [0, 0.05) is 5.92 Å². The molecule has 3 nitrogen and oxygen atoms in total. The standard InChI is InChI=1S/C9H10BrNO2S/c10-9-7(5-12)8(13-11-9)6-1-3-14-4-2-6/h5-6H,1-4H2. The van der Waals surface area contributed by atoms with Crippen molar-refractivity contribution in [3.05, 3.63) is 15.9 Å². The maximum atomic E-state index is 10.8. The second-order valence-electron chi connectivity index (χ2n) is 3.26. The maximum Gasteiger partial charge on any atom is 0.160 e. The largest absolute Gasteiger partial charge is 0.359 e. The van der Waals surface area contributed by atoms with Crippen LogP contribution in [0.1, 0.15) is 34.9 Å². The molecule has 1 aliphatic heterocycles. The van der Waals surface area contributed by atoms with Crippen molar-refractivity contribution in [2.45, 2.75) is 18.8 Å². The highest BCUT2D eigenvalue weighted by atomic mass is 79.9. The highest BCUT2D eigenvalue weighted by Gasteiger charge is 2.24. The molecule has 2 rings (SSSR count). The van der Waals surface area contributed by atoms with Gasteiger partial charge < -0.3 is 4.52 Å². The first-order chi connectivity index (χ1) is 6.83. The van der Waals surface area contributed by atoms with Crippen molar-refractivity contribution >= 4 is 34.0 Å². The minimum absolute atomic E-state index is 0.371. The van der Waals surface area contributed by atoms with Crippen LogP contribution >= 0.6 is 27.7 Å². The van der Waals surface area contributed by atoms with E-state index in [1.54, 1.807) is 0 Å². The Morgan fingerprint density at radius 3 is 2.86 bits per heavy atom. The number of carbonyl (C=O) groups is 1. The van der Waals surface area contributed by atoms with Gasteiger partial charge in [-0.3, -0.25) is 4.79 Å².